The Morgan fingerprint density at radius 1 is 0.677 bits per heavy atom. The molecular weight excluding hydrogens is 833 g/mol. The van der Waals surface area contributed by atoms with Crippen LogP contribution in [0.15, 0.2) is 89.8 Å². The van der Waals surface area contributed by atoms with Gasteiger partial charge in [-0.15, -0.1) is 0 Å². The fraction of sp³-hybridized carbons (Fsp3) is 0.319. The van der Waals surface area contributed by atoms with Gasteiger partial charge in [-0.1, -0.05) is 67.6 Å². The van der Waals surface area contributed by atoms with E-state index < -0.39 is 73.6 Å². The van der Waals surface area contributed by atoms with E-state index in [-0.39, 0.29) is 12.4 Å². The third kappa shape index (κ3) is 6.09. The van der Waals surface area contributed by atoms with Crippen molar-refractivity contribution in [2.45, 2.75) is 61.4 Å². The smallest absolute Gasteiger partial charge is 0.349 e. The maximum atomic E-state index is 14.6. The number of carbonyl (C=O) groups is 2. The van der Waals surface area contributed by atoms with Gasteiger partial charge < -0.3 is 23.7 Å². The maximum absolute atomic E-state index is 14.6. The first-order chi connectivity index (χ1) is 29.7. The van der Waals surface area contributed by atoms with E-state index in [1.807, 2.05) is 54.6 Å². The molecule has 10 nitrogen and oxygen atoms in total. The van der Waals surface area contributed by atoms with Crippen molar-refractivity contribution >= 4 is 22.1 Å². The van der Waals surface area contributed by atoms with Gasteiger partial charge in [0.2, 0.25) is 17.4 Å². The Morgan fingerprint density at radius 3 is 1.65 bits per heavy atom. The summed E-state index contributed by atoms with van der Waals surface area (Å²) >= 11 is 0. The molecule has 1 aliphatic heterocycles. The molecule has 320 valence electrons. The Balaban J connectivity index is 0.942. The van der Waals surface area contributed by atoms with Crippen molar-refractivity contribution in [2.24, 2.45) is 23.7 Å². The molecule has 0 amide bonds. The Kier molecular flexibility index (Phi) is 9.45. The van der Waals surface area contributed by atoms with Gasteiger partial charge >= 0.3 is 22.1 Å². The Labute approximate surface area is 353 Å². The molecule has 5 aliphatic carbocycles. The molecule has 15 heteroatoms. The molecule has 6 aliphatic rings. The van der Waals surface area contributed by atoms with Gasteiger partial charge in [0.25, 0.3) is 0 Å². The lowest BCUT2D eigenvalue weighted by molar-refractivity contribution is -0.212. The first kappa shape index (κ1) is 40.2. The molecule has 4 fully saturated rings. The van der Waals surface area contributed by atoms with Crippen LogP contribution in [0.4, 0.5) is 17.6 Å². The van der Waals surface area contributed by atoms with E-state index in [0.29, 0.717) is 34.6 Å². The largest absolute Gasteiger partial charge is 0.482 e. The number of hydrogen-bond acceptors (Lipinski definition) is 9. The van der Waals surface area contributed by atoms with Crippen LogP contribution in [0.5, 0.6) is 28.7 Å². The molecule has 0 radical (unpaired) electrons. The van der Waals surface area contributed by atoms with Gasteiger partial charge in [-0.2, -0.15) is 17.2 Å². The molecule has 0 aromatic heterocycles. The second-order valence-electron chi connectivity index (χ2n) is 16.8. The summed E-state index contributed by atoms with van der Waals surface area (Å²) in [4.78, 5) is 24.0. The maximum Gasteiger partial charge on any atom is 0.349 e. The van der Waals surface area contributed by atoms with Crippen LogP contribution in [0, 0.1) is 46.9 Å². The van der Waals surface area contributed by atoms with Gasteiger partial charge in [-0.05, 0) is 96.6 Å². The van der Waals surface area contributed by atoms with Crippen molar-refractivity contribution < 1.29 is 63.8 Å². The van der Waals surface area contributed by atoms with Crippen LogP contribution in [-0.4, -0.2) is 43.7 Å². The fourth-order valence-corrected chi connectivity index (χ4v) is 12.1. The highest BCUT2D eigenvalue weighted by molar-refractivity contribution is 7.85. The molecule has 0 atom stereocenters. The highest BCUT2D eigenvalue weighted by Crippen LogP contribution is 2.63. The second-order valence-corrected chi connectivity index (χ2v) is 18.1. The normalized spacial score (nSPS) is 23.1. The standard InChI is InChI=1S/C47H38F4O10S/c1-2-46(26-16-24-15-25(18-26)19-27(46)17-24)61-39(53)23-58-29-12-14-35-37(21-29)59-36-20-28(57-22-38(52)60-44-40(48)42(50)45(62(54,55)56)43(51)41(44)49)11-13-34(36)47(35)32-9-5-3-7-30(32)31-8-4-6-10-33(31)47/h3-14,20-21,24-27H,2,15-19,22-23H2,1H3,(H,54,55,56). The summed E-state index contributed by atoms with van der Waals surface area (Å²) in [6.45, 7) is 0.784. The van der Waals surface area contributed by atoms with E-state index in [9.17, 15) is 35.6 Å². The highest BCUT2D eigenvalue weighted by atomic mass is 32.2. The molecule has 1 spiro atoms. The number of fused-ring (bicyclic) bond motifs is 9. The summed E-state index contributed by atoms with van der Waals surface area (Å²) in [7, 11) is -5.72. The average Bonchev–Trinajstić information content (AvgIpc) is 3.54. The molecule has 11 rings (SSSR count). The summed E-state index contributed by atoms with van der Waals surface area (Å²) in [6, 6.07) is 26.2. The van der Waals surface area contributed by atoms with Crippen molar-refractivity contribution in [1.82, 2.24) is 0 Å². The van der Waals surface area contributed by atoms with E-state index in [1.165, 1.54) is 12.5 Å². The van der Waals surface area contributed by atoms with Crippen LogP contribution in [0.2, 0.25) is 0 Å². The van der Waals surface area contributed by atoms with E-state index >= 15 is 0 Å². The van der Waals surface area contributed by atoms with Gasteiger partial charge in [0.15, 0.2) is 29.7 Å². The number of hydrogen-bond donors (Lipinski definition) is 1. The summed E-state index contributed by atoms with van der Waals surface area (Å²) in [5, 5.41) is 0. The van der Waals surface area contributed by atoms with Gasteiger partial charge in [-0.25, -0.2) is 18.4 Å². The second kappa shape index (κ2) is 14.6. The first-order valence-electron chi connectivity index (χ1n) is 20.4. The lowest BCUT2D eigenvalue weighted by atomic mass is 9.49. The minimum atomic E-state index is -5.72. The van der Waals surface area contributed by atoms with Crippen LogP contribution < -0.4 is 18.9 Å². The lowest BCUT2D eigenvalue weighted by Crippen LogP contribution is -2.59. The summed E-state index contributed by atoms with van der Waals surface area (Å²) in [5.74, 6) is -10.2. The molecule has 0 unspecified atom stereocenters. The van der Waals surface area contributed by atoms with Gasteiger partial charge in [0, 0.05) is 23.3 Å². The highest BCUT2D eigenvalue weighted by Gasteiger charge is 2.59. The van der Waals surface area contributed by atoms with Crippen LogP contribution in [-0.2, 0) is 29.9 Å². The first-order valence-corrected chi connectivity index (χ1v) is 21.8. The Morgan fingerprint density at radius 2 is 1.16 bits per heavy atom. The monoisotopic (exact) mass is 870 g/mol. The molecule has 5 aromatic carbocycles. The molecule has 0 saturated heterocycles. The number of ether oxygens (including phenoxy) is 5. The number of carbonyl (C=O) groups excluding carboxylic acids is 2. The summed E-state index contributed by atoms with van der Waals surface area (Å²) in [5.41, 5.74) is 4.04. The van der Waals surface area contributed by atoms with Crippen LogP contribution >= 0.6 is 0 Å². The number of halogens is 4. The Hall–Kier alpha value is -5.93. The number of rotatable bonds is 10. The molecule has 4 saturated carbocycles. The van der Waals surface area contributed by atoms with E-state index in [4.69, 9.17) is 23.5 Å². The molecule has 1 N–H and O–H groups in total. The molecule has 4 bridgehead atoms. The third-order valence-corrected chi connectivity index (χ3v) is 14.5. The van der Waals surface area contributed by atoms with Gasteiger partial charge in [-0.3, -0.25) is 4.55 Å². The van der Waals surface area contributed by atoms with E-state index in [2.05, 4.69) is 11.7 Å². The molecular formula is C47H38F4O10S. The van der Waals surface area contributed by atoms with Crippen molar-refractivity contribution in [3.63, 3.8) is 0 Å². The average molecular weight is 871 g/mol. The minimum Gasteiger partial charge on any atom is -0.482 e. The zero-order valence-electron chi connectivity index (χ0n) is 33.1. The predicted octanol–water partition coefficient (Wildman–Crippen LogP) is 9.47. The van der Waals surface area contributed by atoms with Gasteiger partial charge in [0.1, 0.15) is 28.6 Å². The SMILES string of the molecule is CCC1(OC(=O)COc2ccc3c(c2)Oc2cc(OCC(=O)Oc4c(F)c(F)c(S(=O)(=O)O)c(F)c4F)ccc2C32c3ccccc3-c3ccccc32)C2CC3CC(C2)CC1C3. The molecule has 1 heterocycles. The summed E-state index contributed by atoms with van der Waals surface area (Å²) in [6.07, 6.45) is 6.45. The van der Waals surface area contributed by atoms with Crippen molar-refractivity contribution in [3.8, 4) is 39.9 Å². The minimum absolute atomic E-state index is 0.0312. The molecule has 62 heavy (non-hydrogen) atoms. The van der Waals surface area contributed by atoms with E-state index in [1.54, 1.807) is 24.3 Å². The van der Waals surface area contributed by atoms with Crippen molar-refractivity contribution in [2.75, 3.05) is 13.2 Å². The fourth-order valence-electron chi connectivity index (χ4n) is 11.4. The quantitative estimate of drug-likeness (QED) is 0.0466. The predicted molar refractivity (Wildman–Crippen MR) is 213 cm³/mol. The third-order valence-electron chi connectivity index (χ3n) is 13.6. The number of benzene rings is 5. The van der Waals surface area contributed by atoms with E-state index in [0.717, 1.165) is 71.8 Å². The van der Waals surface area contributed by atoms with Crippen LogP contribution in [0.1, 0.15) is 67.7 Å². The van der Waals surface area contributed by atoms with Crippen LogP contribution in [0.3, 0.4) is 0 Å². The number of esters is 2. The zero-order chi connectivity index (χ0) is 43.3. The topological polar surface area (TPSA) is 135 Å². The van der Waals surface area contributed by atoms with Crippen LogP contribution in [0.25, 0.3) is 11.1 Å². The van der Waals surface area contributed by atoms with Crippen molar-refractivity contribution in [3.05, 3.63) is 130 Å². The Bertz CT molecular complexity index is 2720. The summed E-state index contributed by atoms with van der Waals surface area (Å²) < 4.78 is 119. The van der Waals surface area contributed by atoms with Gasteiger partial charge in [0.05, 0.1) is 5.41 Å². The van der Waals surface area contributed by atoms with Crippen molar-refractivity contribution in [1.29, 1.82) is 0 Å². The molecule has 5 aromatic rings. The zero-order valence-corrected chi connectivity index (χ0v) is 33.9. The lowest BCUT2D eigenvalue weighted by Gasteiger charge is -2.60.